The maximum Gasteiger partial charge on any atom is 0.167 e. The summed E-state index contributed by atoms with van der Waals surface area (Å²) in [6, 6.07) is 18.5. The summed E-state index contributed by atoms with van der Waals surface area (Å²) in [7, 11) is 0. The van der Waals surface area contributed by atoms with E-state index in [1.54, 1.807) is 24.3 Å². The van der Waals surface area contributed by atoms with Crippen molar-refractivity contribution in [2.75, 3.05) is 6.61 Å². The number of halogens is 2. The lowest BCUT2D eigenvalue weighted by Crippen LogP contribution is -2.06. The summed E-state index contributed by atoms with van der Waals surface area (Å²) < 4.78 is 36.0. The lowest BCUT2D eigenvalue weighted by Gasteiger charge is -2.21. The highest BCUT2D eigenvalue weighted by molar-refractivity contribution is 5.72. The Morgan fingerprint density at radius 1 is 0.676 bits per heavy atom. The third-order valence-electron chi connectivity index (χ3n) is 7.83. The van der Waals surface area contributed by atoms with Crippen LogP contribution in [0, 0.1) is 17.6 Å². The molecule has 1 aliphatic carbocycles. The Kier molecular flexibility index (Phi) is 10.6. The van der Waals surface area contributed by atoms with Crippen molar-refractivity contribution in [3.8, 4) is 28.0 Å². The zero-order valence-corrected chi connectivity index (χ0v) is 22.4. The van der Waals surface area contributed by atoms with Gasteiger partial charge in [0.15, 0.2) is 11.6 Å². The molecular formula is C34H42F2O. The number of aryl methyl sites for hydroxylation is 1. The van der Waals surface area contributed by atoms with Crippen LogP contribution in [-0.4, -0.2) is 6.61 Å². The van der Waals surface area contributed by atoms with E-state index in [2.05, 4.69) is 6.92 Å². The molecule has 198 valence electrons. The van der Waals surface area contributed by atoms with Gasteiger partial charge in [0, 0.05) is 11.1 Å². The zero-order valence-electron chi connectivity index (χ0n) is 22.4. The predicted molar refractivity (Wildman–Crippen MR) is 151 cm³/mol. The monoisotopic (exact) mass is 504 g/mol. The molecule has 0 bridgehead atoms. The molecule has 3 aromatic carbocycles. The fraction of sp³-hybridized carbons (Fsp3) is 0.471. The molecule has 0 saturated heterocycles. The van der Waals surface area contributed by atoms with Crippen molar-refractivity contribution in [1.29, 1.82) is 0 Å². The van der Waals surface area contributed by atoms with E-state index in [4.69, 9.17) is 4.74 Å². The normalized spacial score (nSPS) is 14.1. The summed E-state index contributed by atoms with van der Waals surface area (Å²) in [5, 5.41) is 0. The van der Waals surface area contributed by atoms with Crippen molar-refractivity contribution < 1.29 is 13.5 Å². The molecule has 0 atom stereocenters. The Labute approximate surface area is 222 Å². The second kappa shape index (κ2) is 14.3. The summed E-state index contributed by atoms with van der Waals surface area (Å²) in [4.78, 5) is 0. The number of benzene rings is 3. The van der Waals surface area contributed by atoms with Gasteiger partial charge in [0.25, 0.3) is 0 Å². The maximum atomic E-state index is 15.1. The molecule has 1 nitrogen and oxygen atoms in total. The molecule has 0 unspecified atom stereocenters. The first kappa shape index (κ1) is 27.4. The molecule has 0 amide bonds. The first-order valence-electron chi connectivity index (χ1n) is 14.5. The number of hydrogen-bond acceptors (Lipinski definition) is 1. The van der Waals surface area contributed by atoms with Crippen LogP contribution in [0.2, 0.25) is 0 Å². The summed E-state index contributed by atoms with van der Waals surface area (Å²) >= 11 is 0. The van der Waals surface area contributed by atoms with E-state index in [0.29, 0.717) is 23.3 Å². The highest BCUT2D eigenvalue weighted by Gasteiger charge is 2.16. The average Bonchev–Trinajstić information content (AvgIpc) is 2.94. The van der Waals surface area contributed by atoms with Crippen LogP contribution >= 0.6 is 0 Å². The van der Waals surface area contributed by atoms with Gasteiger partial charge in [0.2, 0.25) is 0 Å². The molecule has 4 rings (SSSR count). The lowest BCUT2D eigenvalue weighted by atomic mass is 9.86. The SMILES string of the molecule is CCCCCc1ccc(-c2ccc(-c3ccc(OCCCCCC4CCCCC4)cc3)c(F)c2F)cc1. The second-order valence-electron chi connectivity index (χ2n) is 10.7. The minimum absolute atomic E-state index is 0.270. The molecule has 0 aromatic heterocycles. The maximum absolute atomic E-state index is 15.1. The van der Waals surface area contributed by atoms with Crippen LogP contribution < -0.4 is 4.74 Å². The largest absolute Gasteiger partial charge is 0.494 e. The average molecular weight is 505 g/mol. The minimum atomic E-state index is -0.809. The Morgan fingerprint density at radius 2 is 1.30 bits per heavy atom. The fourth-order valence-electron chi connectivity index (χ4n) is 5.53. The summed E-state index contributed by atoms with van der Waals surface area (Å²) in [6.07, 6.45) is 16.5. The van der Waals surface area contributed by atoms with Gasteiger partial charge < -0.3 is 4.74 Å². The van der Waals surface area contributed by atoms with E-state index >= 15 is 8.78 Å². The van der Waals surface area contributed by atoms with E-state index in [9.17, 15) is 0 Å². The van der Waals surface area contributed by atoms with Gasteiger partial charge >= 0.3 is 0 Å². The summed E-state index contributed by atoms with van der Waals surface area (Å²) in [6.45, 7) is 2.88. The molecule has 3 heteroatoms. The fourth-order valence-corrected chi connectivity index (χ4v) is 5.53. The molecule has 0 N–H and O–H groups in total. The van der Waals surface area contributed by atoms with Crippen molar-refractivity contribution in [3.05, 3.63) is 77.9 Å². The van der Waals surface area contributed by atoms with E-state index < -0.39 is 11.6 Å². The van der Waals surface area contributed by atoms with Crippen molar-refractivity contribution >= 4 is 0 Å². The molecule has 1 saturated carbocycles. The van der Waals surface area contributed by atoms with Gasteiger partial charge in [-0.05, 0) is 54.0 Å². The Hall–Kier alpha value is -2.68. The van der Waals surface area contributed by atoms with Crippen molar-refractivity contribution in [1.82, 2.24) is 0 Å². The minimum Gasteiger partial charge on any atom is -0.494 e. The van der Waals surface area contributed by atoms with E-state index in [1.165, 1.54) is 69.8 Å². The summed E-state index contributed by atoms with van der Waals surface area (Å²) in [5.74, 6) is 0.107. The van der Waals surface area contributed by atoms with Crippen LogP contribution in [0.4, 0.5) is 8.78 Å². The topological polar surface area (TPSA) is 9.23 Å². The van der Waals surface area contributed by atoms with Crippen molar-refractivity contribution in [2.24, 2.45) is 5.92 Å². The first-order valence-corrected chi connectivity index (χ1v) is 14.5. The smallest absolute Gasteiger partial charge is 0.167 e. The standard InChI is InChI=1S/C34H42F2O/c1-2-3-6-11-27-15-17-28(18-16-27)31-23-24-32(34(36)33(31)35)29-19-21-30(22-20-29)37-25-10-5-9-14-26-12-7-4-8-13-26/h15-24,26H,2-14,25H2,1H3. The Balaban J connectivity index is 1.28. The third kappa shape index (κ3) is 7.90. The van der Waals surface area contributed by atoms with Crippen LogP contribution in [0.3, 0.4) is 0 Å². The molecular weight excluding hydrogens is 462 g/mol. The number of unbranched alkanes of at least 4 members (excludes halogenated alkanes) is 4. The number of ether oxygens (including phenoxy) is 1. The predicted octanol–water partition coefficient (Wildman–Crippen LogP) is 10.6. The zero-order chi connectivity index (χ0) is 25.9. The van der Waals surface area contributed by atoms with Crippen LogP contribution in [-0.2, 0) is 6.42 Å². The molecule has 1 aliphatic rings. The van der Waals surface area contributed by atoms with E-state index in [0.717, 1.165) is 30.9 Å². The molecule has 0 heterocycles. The quantitative estimate of drug-likeness (QED) is 0.210. The highest BCUT2D eigenvalue weighted by Crippen LogP contribution is 2.33. The van der Waals surface area contributed by atoms with Gasteiger partial charge in [-0.15, -0.1) is 0 Å². The van der Waals surface area contributed by atoms with Gasteiger partial charge in [0.1, 0.15) is 5.75 Å². The van der Waals surface area contributed by atoms with Gasteiger partial charge in [-0.1, -0.05) is 120 Å². The molecule has 0 aliphatic heterocycles. The Bertz CT molecular complexity index is 1080. The van der Waals surface area contributed by atoms with Crippen molar-refractivity contribution in [2.45, 2.75) is 90.4 Å². The van der Waals surface area contributed by atoms with Crippen LogP contribution in [0.15, 0.2) is 60.7 Å². The lowest BCUT2D eigenvalue weighted by molar-refractivity contribution is 0.293. The van der Waals surface area contributed by atoms with Crippen LogP contribution in [0.25, 0.3) is 22.3 Å². The first-order chi connectivity index (χ1) is 18.2. The third-order valence-corrected chi connectivity index (χ3v) is 7.83. The molecule has 3 aromatic rings. The van der Waals surface area contributed by atoms with E-state index in [-0.39, 0.29) is 5.56 Å². The summed E-state index contributed by atoms with van der Waals surface area (Å²) in [5.41, 5.74) is 3.15. The van der Waals surface area contributed by atoms with Gasteiger partial charge in [-0.25, -0.2) is 8.78 Å². The molecule has 0 spiro atoms. The second-order valence-corrected chi connectivity index (χ2v) is 10.7. The van der Waals surface area contributed by atoms with Crippen LogP contribution in [0.1, 0.15) is 89.5 Å². The molecule has 37 heavy (non-hydrogen) atoms. The number of hydrogen-bond donors (Lipinski definition) is 0. The van der Waals surface area contributed by atoms with Crippen LogP contribution in [0.5, 0.6) is 5.75 Å². The number of rotatable bonds is 13. The molecule has 0 radical (unpaired) electrons. The van der Waals surface area contributed by atoms with E-state index in [1.807, 2.05) is 36.4 Å². The Morgan fingerprint density at radius 3 is 1.92 bits per heavy atom. The van der Waals surface area contributed by atoms with Gasteiger partial charge in [0.05, 0.1) is 6.61 Å². The highest BCUT2D eigenvalue weighted by atomic mass is 19.2. The van der Waals surface area contributed by atoms with Crippen molar-refractivity contribution in [3.63, 3.8) is 0 Å². The van der Waals surface area contributed by atoms with Gasteiger partial charge in [-0.2, -0.15) is 0 Å². The molecule has 1 fully saturated rings. The van der Waals surface area contributed by atoms with Gasteiger partial charge in [-0.3, -0.25) is 0 Å².